The molecule has 2 unspecified atom stereocenters. The highest BCUT2D eigenvalue weighted by molar-refractivity contribution is 6.46. The van der Waals surface area contributed by atoms with E-state index < -0.39 is 17.7 Å². The fourth-order valence-corrected chi connectivity index (χ4v) is 4.38. The van der Waals surface area contributed by atoms with Gasteiger partial charge in [0.2, 0.25) is 0 Å². The van der Waals surface area contributed by atoms with Gasteiger partial charge in [0.15, 0.2) is 0 Å². The molecule has 1 amide bonds. The first kappa shape index (κ1) is 22.1. The molecule has 6 heteroatoms. The Balaban J connectivity index is 1.76. The van der Waals surface area contributed by atoms with Crippen LogP contribution in [0.5, 0.6) is 5.75 Å². The fraction of sp³-hybridized carbons (Fsp3) is 0.385. The molecule has 2 aliphatic heterocycles. The summed E-state index contributed by atoms with van der Waals surface area (Å²) in [5, 5.41) is 11.2. The number of Topliss-reactive ketones (excluding diaryl/α,β-unsaturated/α-hetero) is 1. The van der Waals surface area contributed by atoms with E-state index in [0.717, 1.165) is 30.4 Å². The Morgan fingerprint density at radius 3 is 2.56 bits per heavy atom. The third kappa shape index (κ3) is 4.28. The van der Waals surface area contributed by atoms with Crippen LogP contribution in [0.1, 0.15) is 48.9 Å². The van der Waals surface area contributed by atoms with Crippen LogP contribution in [0.15, 0.2) is 54.1 Å². The lowest BCUT2D eigenvalue weighted by Gasteiger charge is -2.28. The quantitative estimate of drug-likeness (QED) is 0.397. The Morgan fingerprint density at radius 2 is 1.91 bits per heavy atom. The minimum atomic E-state index is -0.667. The van der Waals surface area contributed by atoms with E-state index in [0.29, 0.717) is 31.1 Å². The Hall–Kier alpha value is -3.12. The van der Waals surface area contributed by atoms with Crippen molar-refractivity contribution in [1.82, 2.24) is 4.90 Å². The van der Waals surface area contributed by atoms with Gasteiger partial charge in [0, 0.05) is 18.7 Å². The normalized spacial score (nSPS) is 22.5. The maximum absolute atomic E-state index is 13.1. The number of likely N-dealkylation sites (tertiary alicyclic amines) is 1. The highest BCUT2D eigenvalue weighted by Gasteiger charge is 2.47. The number of amides is 1. The molecule has 2 saturated heterocycles. The maximum Gasteiger partial charge on any atom is 0.295 e. The summed E-state index contributed by atoms with van der Waals surface area (Å²) in [5.74, 6) is -0.746. The van der Waals surface area contributed by atoms with Crippen LogP contribution in [0.25, 0.3) is 5.76 Å². The first-order valence-electron chi connectivity index (χ1n) is 11.2. The van der Waals surface area contributed by atoms with E-state index in [1.54, 1.807) is 29.2 Å². The van der Waals surface area contributed by atoms with E-state index in [1.807, 2.05) is 38.1 Å². The van der Waals surface area contributed by atoms with Gasteiger partial charge in [-0.25, -0.2) is 0 Å². The number of ether oxygens (including phenoxy) is 2. The number of hydrogen-bond donors (Lipinski definition) is 1. The van der Waals surface area contributed by atoms with Crippen molar-refractivity contribution < 1.29 is 24.2 Å². The monoisotopic (exact) mass is 435 g/mol. The lowest BCUT2D eigenvalue weighted by atomic mass is 9.92. The van der Waals surface area contributed by atoms with Crippen LogP contribution >= 0.6 is 0 Å². The van der Waals surface area contributed by atoms with Gasteiger partial charge in [-0.3, -0.25) is 9.59 Å². The van der Waals surface area contributed by atoms with Gasteiger partial charge in [0.05, 0.1) is 24.3 Å². The molecule has 0 aromatic heterocycles. The zero-order valence-corrected chi connectivity index (χ0v) is 18.5. The zero-order chi connectivity index (χ0) is 22.7. The lowest BCUT2D eigenvalue weighted by Crippen LogP contribution is -2.36. The average Bonchev–Trinajstić information content (AvgIpc) is 3.40. The van der Waals surface area contributed by atoms with Crippen molar-refractivity contribution in [1.29, 1.82) is 0 Å². The summed E-state index contributed by atoms with van der Waals surface area (Å²) in [5.41, 5.74) is 2.37. The number of ketones is 1. The fourth-order valence-electron chi connectivity index (χ4n) is 4.38. The standard InChI is InChI=1S/C26H29NO5/c1-3-14-31-19-12-10-18(11-13-19)24(28)22-23(21-9-5-4-7-17(21)2)27(26(30)25(22)29)16-20-8-6-15-32-20/h4-5,7,9-13,20,23,28H,3,6,8,14-16H2,1-2H3/b24-22-. The van der Waals surface area contributed by atoms with Crippen molar-refractivity contribution in [2.45, 2.75) is 45.3 Å². The van der Waals surface area contributed by atoms with E-state index in [9.17, 15) is 14.7 Å². The minimum absolute atomic E-state index is 0.102. The van der Waals surface area contributed by atoms with E-state index in [1.165, 1.54) is 0 Å². The van der Waals surface area contributed by atoms with E-state index >= 15 is 0 Å². The molecule has 2 atom stereocenters. The first-order valence-corrected chi connectivity index (χ1v) is 11.2. The molecule has 2 heterocycles. The van der Waals surface area contributed by atoms with Gasteiger partial charge in [0.25, 0.3) is 11.7 Å². The second-order valence-corrected chi connectivity index (χ2v) is 8.32. The molecule has 0 spiro atoms. The van der Waals surface area contributed by atoms with Crippen LogP contribution in [0, 0.1) is 6.92 Å². The maximum atomic E-state index is 13.1. The number of aryl methyl sites for hydroxylation is 1. The molecule has 2 aromatic rings. The van der Waals surface area contributed by atoms with Crippen LogP contribution < -0.4 is 4.74 Å². The van der Waals surface area contributed by atoms with Crippen LogP contribution in [0.2, 0.25) is 0 Å². The van der Waals surface area contributed by atoms with Crippen LogP contribution in [-0.2, 0) is 14.3 Å². The molecule has 6 nitrogen and oxygen atoms in total. The Labute approximate surface area is 188 Å². The summed E-state index contributed by atoms with van der Waals surface area (Å²) in [7, 11) is 0. The smallest absolute Gasteiger partial charge is 0.295 e. The molecule has 0 radical (unpaired) electrons. The van der Waals surface area contributed by atoms with Crippen molar-refractivity contribution in [2.24, 2.45) is 0 Å². The molecule has 32 heavy (non-hydrogen) atoms. The lowest BCUT2D eigenvalue weighted by molar-refractivity contribution is -0.140. The van der Waals surface area contributed by atoms with Gasteiger partial charge in [-0.15, -0.1) is 0 Å². The molecule has 168 valence electrons. The topological polar surface area (TPSA) is 76.1 Å². The van der Waals surface area contributed by atoms with Gasteiger partial charge >= 0.3 is 0 Å². The van der Waals surface area contributed by atoms with E-state index in [4.69, 9.17) is 9.47 Å². The molecule has 0 bridgehead atoms. The van der Waals surface area contributed by atoms with Gasteiger partial charge in [-0.2, -0.15) is 0 Å². The number of hydrogen-bond acceptors (Lipinski definition) is 5. The number of aliphatic hydroxyl groups excluding tert-OH is 1. The Bertz CT molecular complexity index is 1020. The SMILES string of the molecule is CCCOc1ccc(/C(O)=C2/C(=O)C(=O)N(CC3CCCO3)C2c2ccccc2C)cc1. The first-order chi connectivity index (χ1) is 15.5. The van der Waals surface area contributed by atoms with Gasteiger partial charge in [-0.05, 0) is 61.6 Å². The molecule has 0 saturated carbocycles. The molecule has 2 aliphatic rings. The summed E-state index contributed by atoms with van der Waals surface area (Å²) in [6.07, 6.45) is 2.58. The van der Waals surface area contributed by atoms with Gasteiger partial charge < -0.3 is 19.5 Å². The molecule has 1 N–H and O–H groups in total. The number of carbonyl (C=O) groups excluding carboxylic acids is 2. The Kier molecular flexibility index (Phi) is 6.61. The third-order valence-electron chi connectivity index (χ3n) is 6.05. The van der Waals surface area contributed by atoms with Crippen molar-refractivity contribution >= 4 is 17.4 Å². The Morgan fingerprint density at radius 1 is 1.16 bits per heavy atom. The summed E-state index contributed by atoms with van der Waals surface area (Å²) >= 11 is 0. The van der Waals surface area contributed by atoms with E-state index in [-0.39, 0.29) is 17.4 Å². The summed E-state index contributed by atoms with van der Waals surface area (Å²) in [6.45, 7) is 5.57. The highest BCUT2D eigenvalue weighted by atomic mass is 16.5. The van der Waals surface area contributed by atoms with Crippen LogP contribution in [0.3, 0.4) is 0 Å². The van der Waals surface area contributed by atoms with Crippen molar-refractivity contribution in [3.63, 3.8) is 0 Å². The molecule has 4 rings (SSSR count). The number of benzene rings is 2. The molecule has 0 aliphatic carbocycles. The van der Waals surface area contributed by atoms with Gasteiger partial charge in [0.1, 0.15) is 11.5 Å². The highest BCUT2D eigenvalue weighted by Crippen LogP contribution is 2.41. The van der Waals surface area contributed by atoms with Crippen molar-refractivity contribution in [3.8, 4) is 5.75 Å². The number of carbonyl (C=O) groups is 2. The predicted octanol–water partition coefficient (Wildman–Crippen LogP) is 4.38. The van der Waals surface area contributed by atoms with Crippen molar-refractivity contribution in [2.75, 3.05) is 19.8 Å². The average molecular weight is 436 g/mol. The largest absolute Gasteiger partial charge is 0.507 e. The molecule has 2 aromatic carbocycles. The summed E-state index contributed by atoms with van der Waals surface area (Å²) in [4.78, 5) is 27.8. The molecular weight excluding hydrogens is 406 g/mol. The second-order valence-electron chi connectivity index (χ2n) is 8.32. The van der Waals surface area contributed by atoms with Crippen LogP contribution in [-0.4, -0.2) is 47.6 Å². The van der Waals surface area contributed by atoms with E-state index in [2.05, 4.69) is 0 Å². The predicted molar refractivity (Wildman–Crippen MR) is 121 cm³/mol. The zero-order valence-electron chi connectivity index (χ0n) is 18.5. The number of rotatable bonds is 7. The number of aliphatic hydroxyl groups is 1. The third-order valence-corrected chi connectivity index (χ3v) is 6.05. The second kappa shape index (κ2) is 9.57. The van der Waals surface area contributed by atoms with Gasteiger partial charge in [-0.1, -0.05) is 31.2 Å². The molecule has 2 fully saturated rings. The minimum Gasteiger partial charge on any atom is -0.507 e. The number of nitrogens with zero attached hydrogens (tertiary/aromatic N) is 1. The van der Waals surface area contributed by atoms with Crippen molar-refractivity contribution in [3.05, 3.63) is 70.8 Å². The summed E-state index contributed by atoms with van der Waals surface area (Å²) in [6, 6.07) is 13.9. The van der Waals surface area contributed by atoms with Crippen LogP contribution in [0.4, 0.5) is 0 Å². The summed E-state index contributed by atoms with van der Waals surface area (Å²) < 4.78 is 11.4. The molecular formula is C26H29NO5.